The Bertz CT molecular complexity index is 1330. The summed E-state index contributed by atoms with van der Waals surface area (Å²) in [6, 6.07) is 9.65. The molecule has 1 fully saturated rings. The van der Waals surface area contributed by atoms with E-state index >= 15 is 0 Å². The summed E-state index contributed by atoms with van der Waals surface area (Å²) in [5, 5.41) is 27.7. The molecule has 2 atom stereocenters. The van der Waals surface area contributed by atoms with Crippen LogP contribution in [0.15, 0.2) is 36.5 Å². The lowest BCUT2D eigenvalue weighted by Crippen LogP contribution is -2.56. The number of amides is 1. The third-order valence-electron chi connectivity index (χ3n) is 6.40. The molecule has 4 heterocycles. The molecule has 10 heteroatoms. The zero-order valence-corrected chi connectivity index (χ0v) is 18.7. The molecule has 3 aromatic rings. The number of pyridine rings is 1. The number of benzene rings is 1. The van der Waals surface area contributed by atoms with Gasteiger partial charge in [-0.3, -0.25) is 4.79 Å². The summed E-state index contributed by atoms with van der Waals surface area (Å²) >= 11 is 0. The van der Waals surface area contributed by atoms with Crippen molar-refractivity contribution in [3.8, 4) is 23.0 Å². The molecule has 1 saturated heterocycles. The molecular formula is C24H23FN6O3. The molecule has 2 aromatic heterocycles. The van der Waals surface area contributed by atoms with E-state index in [1.165, 1.54) is 18.2 Å². The zero-order chi connectivity index (χ0) is 24.0. The molecule has 1 aromatic carbocycles. The van der Waals surface area contributed by atoms with Crippen molar-refractivity contribution in [1.82, 2.24) is 20.1 Å². The van der Waals surface area contributed by atoms with E-state index in [0.29, 0.717) is 42.3 Å². The first-order valence-corrected chi connectivity index (χ1v) is 10.9. The third-order valence-corrected chi connectivity index (χ3v) is 6.40. The highest BCUT2D eigenvalue weighted by molar-refractivity contribution is 6.01. The Labute approximate surface area is 195 Å². The summed E-state index contributed by atoms with van der Waals surface area (Å²) in [6.45, 7) is 2.92. The number of halogens is 1. The number of piperidine rings is 1. The number of methoxy groups -OCH3 is 1. The highest BCUT2D eigenvalue weighted by Crippen LogP contribution is 2.32. The number of anilines is 1. The van der Waals surface area contributed by atoms with E-state index in [-0.39, 0.29) is 35.4 Å². The van der Waals surface area contributed by atoms with Gasteiger partial charge >= 0.3 is 0 Å². The first-order valence-electron chi connectivity index (χ1n) is 10.9. The average molecular weight is 462 g/mol. The molecule has 0 radical (unpaired) electrons. The standard InChI is InChI=1S/C24H23FN6O3/c1-24(33)13-30(8-6-19(24)34-2)20-7-9-31(29-20)18-10-16(28-17-12-27-23(32)22(17)18)21-14(11-26)4-3-5-15(21)25/h3-5,7,9-10,19,33H,6,8,12-13H2,1-2H3,(H,27,32)/t19-,24+/m1/s1. The lowest BCUT2D eigenvalue weighted by Gasteiger charge is -2.42. The molecule has 0 saturated carbocycles. The maximum absolute atomic E-state index is 14.7. The van der Waals surface area contributed by atoms with Gasteiger partial charge in [0.25, 0.3) is 5.91 Å². The van der Waals surface area contributed by atoms with Crippen LogP contribution in [0.2, 0.25) is 0 Å². The Kier molecular flexibility index (Phi) is 5.31. The second kappa shape index (κ2) is 8.20. The Morgan fingerprint density at radius 3 is 2.91 bits per heavy atom. The van der Waals surface area contributed by atoms with Crippen LogP contribution < -0.4 is 10.2 Å². The normalized spacial score (nSPS) is 21.8. The number of nitrogens with zero attached hydrogens (tertiary/aromatic N) is 5. The van der Waals surface area contributed by atoms with Crippen molar-refractivity contribution in [2.45, 2.75) is 31.6 Å². The molecule has 1 amide bonds. The molecule has 2 aliphatic rings. The first-order chi connectivity index (χ1) is 16.3. The topological polar surface area (TPSA) is 116 Å². The van der Waals surface area contributed by atoms with Gasteiger partial charge in [-0.1, -0.05) is 6.07 Å². The van der Waals surface area contributed by atoms with E-state index in [9.17, 15) is 19.6 Å². The lowest BCUT2D eigenvalue weighted by molar-refractivity contribution is -0.0891. The molecular weight excluding hydrogens is 439 g/mol. The number of hydrogen-bond acceptors (Lipinski definition) is 7. The van der Waals surface area contributed by atoms with Crippen molar-refractivity contribution in [1.29, 1.82) is 5.26 Å². The van der Waals surface area contributed by atoms with Gasteiger partial charge in [0.15, 0.2) is 5.82 Å². The summed E-state index contributed by atoms with van der Waals surface area (Å²) < 4.78 is 21.7. The molecule has 2 aliphatic heterocycles. The van der Waals surface area contributed by atoms with Gasteiger partial charge in [-0.25, -0.2) is 14.1 Å². The van der Waals surface area contributed by atoms with Crippen LogP contribution in [0.25, 0.3) is 16.9 Å². The van der Waals surface area contributed by atoms with E-state index < -0.39 is 11.4 Å². The minimum Gasteiger partial charge on any atom is -0.386 e. The van der Waals surface area contributed by atoms with Crippen LogP contribution in [0.1, 0.15) is 35.0 Å². The van der Waals surface area contributed by atoms with Crippen molar-refractivity contribution < 1.29 is 19.0 Å². The van der Waals surface area contributed by atoms with Crippen LogP contribution in [-0.2, 0) is 11.3 Å². The second-order valence-electron chi connectivity index (χ2n) is 8.72. The fraction of sp³-hybridized carbons (Fsp3) is 0.333. The van der Waals surface area contributed by atoms with Gasteiger partial charge in [-0.05, 0) is 31.5 Å². The largest absolute Gasteiger partial charge is 0.386 e. The van der Waals surface area contributed by atoms with Crippen molar-refractivity contribution in [2.24, 2.45) is 0 Å². The fourth-order valence-electron chi connectivity index (χ4n) is 4.73. The molecule has 9 nitrogen and oxygen atoms in total. The summed E-state index contributed by atoms with van der Waals surface area (Å²) in [7, 11) is 1.59. The zero-order valence-electron chi connectivity index (χ0n) is 18.7. The molecule has 34 heavy (non-hydrogen) atoms. The van der Waals surface area contributed by atoms with E-state index in [1.807, 2.05) is 11.0 Å². The van der Waals surface area contributed by atoms with Gasteiger partial charge in [0.05, 0.1) is 59.0 Å². The number of hydrogen-bond donors (Lipinski definition) is 2. The van der Waals surface area contributed by atoms with Crippen molar-refractivity contribution in [3.63, 3.8) is 0 Å². The highest BCUT2D eigenvalue weighted by Gasteiger charge is 2.39. The summed E-state index contributed by atoms with van der Waals surface area (Å²) in [5.74, 6) is -0.234. The third kappa shape index (κ3) is 3.59. The Morgan fingerprint density at radius 2 is 2.18 bits per heavy atom. The number of rotatable bonds is 4. The van der Waals surface area contributed by atoms with Crippen molar-refractivity contribution in [3.05, 3.63) is 59.2 Å². The van der Waals surface area contributed by atoms with Gasteiger partial charge in [-0.15, -0.1) is 0 Å². The quantitative estimate of drug-likeness (QED) is 0.610. The van der Waals surface area contributed by atoms with E-state index in [0.717, 1.165) is 0 Å². The van der Waals surface area contributed by atoms with E-state index in [2.05, 4.69) is 15.4 Å². The number of aromatic nitrogens is 3. The number of fused-ring (bicyclic) bond motifs is 1. The lowest BCUT2D eigenvalue weighted by atomic mass is 9.91. The predicted octanol–water partition coefficient (Wildman–Crippen LogP) is 2.16. The summed E-state index contributed by atoms with van der Waals surface area (Å²) in [4.78, 5) is 19.0. The van der Waals surface area contributed by atoms with Crippen LogP contribution in [0, 0.1) is 17.1 Å². The number of β-amino-alcohol motifs (C(OH)–C–C–N with tert-alkyl or cyclic N) is 1. The number of nitrogens with one attached hydrogen (secondary N) is 1. The molecule has 2 N–H and O–H groups in total. The Balaban J connectivity index is 1.58. The second-order valence-corrected chi connectivity index (χ2v) is 8.72. The minimum atomic E-state index is -1.04. The number of nitriles is 1. The van der Waals surface area contributed by atoms with Crippen LogP contribution in [-0.4, -0.2) is 57.7 Å². The Hall–Kier alpha value is -3.81. The summed E-state index contributed by atoms with van der Waals surface area (Å²) in [6.07, 6.45) is 2.08. The fourth-order valence-corrected chi connectivity index (χ4v) is 4.73. The minimum absolute atomic E-state index is 0.0819. The number of carbonyl (C=O) groups excluding carboxylic acids is 1. The Morgan fingerprint density at radius 1 is 1.35 bits per heavy atom. The maximum Gasteiger partial charge on any atom is 0.255 e. The highest BCUT2D eigenvalue weighted by atomic mass is 19.1. The van der Waals surface area contributed by atoms with Gasteiger partial charge in [-0.2, -0.15) is 10.4 Å². The molecule has 0 unspecified atom stereocenters. The first kappa shape index (κ1) is 22.0. The maximum atomic E-state index is 14.7. The molecule has 5 rings (SSSR count). The number of aliphatic hydroxyl groups is 1. The van der Waals surface area contributed by atoms with Crippen LogP contribution in [0.5, 0.6) is 0 Å². The van der Waals surface area contributed by atoms with Gasteiger partial charge in [0.2, 0.25) is 0 Å². The van der Waals surface area contributed by atoms with Crippen molar-refractivity contribution in [2.75, 3.05) is 25.1 Å². The molecule has 0 spiro atoms. The number of ether oxygens (including phenoxy) is 1. The molecule has 0 aliphatic carbocycles. The SMILES string of the molecule is CO[C@@H]1CCN(c2ccn(-c3cc(-c4c(F)cccc4C#N)nc4c3C(=O)NC4)n2)C[C@]1(C)O. The van der Waals surface area contributed by atoms with Gasteiger partial charge in [0, 0.05) is 25.9 Å². The van der Waals surface area contributed by atoms with Crippen LogP contribution in [0.3, 0.4) is 0 Å². The van der Waals surface area contributed by atoms with E-state index in [1.54, 1.807) is 37.0 Å². The smallest absolute Gasteiger partial charge is 0.255 e. The predicted molar refractivity (Wildman–Crippen MR) is 121 cm³/mol. The van der Waals surface area contributed by atoms with E-state index in [4.69, 9.17) is 4.74 Å². The van der Waals surface area contributed by atoms with Gasteiger partial charge < -0.3 is 20.1 Å². The van der Waals surface area contributed by atoms with Gasteiger partial charge in [0.1, 0.15) is 11.4 Å². The van der Waals surface area contributed by atoms with Crippen LogP contribution in [0.4, 0.5) is 10.2 Å². The number of carbonyl (C=O) groups is 1. The average Bonchev–Trinajstić information content (AvgIpc) is 3.45. The summed E-state index contributed by atoms with van der Waals surface area (Å²) in [5.41, 5.74) is 0.704. The molecule has 0 bridgehead atoms. The van der Waals surface area contributed by atoms with Crippen molar-refractivity contribution >= 4 is 11.7 Å². The van der Waals surface area contributed by atoms with Crippen LogP contribution >= 0.6 is 0 Å². The molecule has 174 valence electrons. The monoisotopic (exact) mass is 462 g/mol.